The smallest absolute Gasteiger partial charge is 0.272 e. The van der Waals surface area contributed by atoms with E-state index in [2.05, 4.69) is 5.32 Å². The van der Waals surface area contributed by atoms with Gasteiger partial charge in [-0.1, -0.05) is 0 Å². The van der Waals surface area contributed by atoms with Gasteiger partial charge in [-0.2, -0.15) is 0 Å². The molecule has 3 rings (SSSR count). The van der Waals surface area contributed by atoms with E-state index in [1.54, 1.807) is 37.3 Å². The van der Waals surface area contributed by atoms with Crippen LogP contribution >= 0.6 is 11.8 Å². The fourth-order valence-corrected chi connectivity index (χ4v) is 2.85. The van der Waals surface area contributed by atoms with Gasteiger partial charge in [-0.25, -0.2) is 0 Å². The first-order chi connectivity index (χ1) is 10.9. The molecule has 0 atom stereocenters. The Bertz CT molecular complexity index is 869. The van der Waals surface area contributed by atoms with Crippen molar-refractivity contribution in [3.63, 3.8) is 0 Å². The molecule has 23 heavy (non-hydrogen) atoms. The number of nitrogens with zero attached hydrogens (tertiary/aromatic N) is 1. The number of furan rings is 1. The molecular formula is C15H11N3O4S. The van der Waals surface area contributed by atoms with Crippen LogP contribution in [0.3, 0.4) is 0 Å². The van der Waals surface area contributed by atoms with Gasteiger partial charge in [0.1, 0.15) is 11.5 Å². The molecule has 1 fully saturated rings. The predicted molar refractivity (Wildman–Crippen MR) is 87.0 cm³/mol. The van der Waals surface area contributed by atoms with Crippen molar-refractivity contribution in [1.29, 1.82) is 5.41 Å². The molecule has 2 N–H and O–H groups in total. The second-order valence-electron chi connectivity index (χ2n) is 4.85. The van der Waals surface area contributed by atoms with Crippen molar-refractivity contribution in [3.8, 4) is 11.3 Å². The van der Waals surface area contributed by atoms with Gasteiger partial charge in [0.15, 0.2) is 5.17 Å². The highest BCUT2D eigenvalue weighted by Gasteiger charge is 2.22. The lowest BCUT2D eigenvalue weighted by Crippen LogP contribution is -2.18. The molecular weight excluding hydrogens is 318 g/mol. The molecule has 0 spiro atoms. The number of amides is 1. The Balaban J connectivity index is 1.89. The van der Waals surface area contributed by atoms with E-state index in [-0.39, 0.29) is 16.8 Å². The van der Waals surface area contributed by atoms with Crippen molar-refractivity contribution < 1.29 is 14.1 Å². The summed E-state index contributed by atoms with van der Waals surface area (Å²) in [6, 6.07) is 8.17. The van der Waals surface area contributed by atoms with Crippen LogP contribution in [0.2, 0.25) is 0 Å². The van der Waals surface area contributed by atoms with E-state index in [1.165, 1.54) is 6.07 Å². The molecule has 2 heterocycles. The van der Waals surface area contributed by atoms with Crippen molar-refractivity contribution in [2.75, 3.05) is 0 Å². The first-order valence-electron chi connectivity index (χ1n) is 6.59. The average molecular weight is 329 g/mol. The number of nitro benzene ring substituents is 1. The third-order valence-corrected chi connectivity index (χ3v) is 4.07. The molecule has 0 saturated carbocycles. The molecule has 1 aromatic carbocycles. The van der Waals surface area contributed by atoms with Crippen LogP contribution in [0, 0.1) is 22.4 Å². The molecule has 1 saturated heterocycles. The summed E-state index contributed by atoms with van der Waals surface area (Å²) in [6.07, 6.45) is 1.56. The van der Waals surface area contributed by atoms with Gasteiger partial charge in [-0.15, -0.1) is 0 Å². The van der Waals surface area contributed by atoms with Crippen LogP contribution in [-0.2, 0) is 4.79 Å². The minimum Gasteiger partial charge on any atom is -0.457 e. The van der Waals surface area contributed by atoms with Crippen LogP contribution in [-0.4, -0.2) is 16.0 Å². The number of thioether (sulfide) groups is 1. The SMILES string of the molecule is Cc1cc(-c2ccc(/C=C3\SC(=N)NC3=O)o2)ccc1[N+](=O)[O-]. The number of amidine groups is 1. The number of carbonyl (C=O) groups is 1. The molecule has 1 aromatic heterocycles. The normalized spacial score (nSPS) is 16.0. The van der Waals surface area contributed by atoms with Gasteiger partial charge in [0, 0.05) is 23.3 Å². The maximum Gasteiger partial charge on any atom is 0.272 e. The number of hydrogen-bond acceptors (Lipinski definition) is 6. The number of benzene rings is 1. The molecule has 0 bridgehead atoms. The van der Waals surface area contributed by atoms with Crippen LogP contribution in [0.15, 0.2) is 39.7 Å². The first-order valence-corrected chi connectivity index (χ1v) is 7.40. The van der Waals surface area contributed by atoms with E-state index < -0.39 is 4.92 Å². The van der Waals surface area contributed by atoms with Crippen LogP contribution in [0.5, 0.6) is 0 Å². The summed E-state index contributed by atoms with van der Waals surface area (Å²) in [5.41, 5.74) is 1.32. The van der Waals surface area contributed by atoms with Crippen molar-refractivity contribution in [3.05, 3.63) is 56.7 Å². The zero-order valence-electron chi connectivity index (χ0n) is 12.0. The topological polar surface area (TPSA) is 109 Å². The second kappa shape index (κ2) is 5.73. The second-order valence-corrected chi connectivity index (χ2v) is 5.91. The van der Waals surface area contributed by atoms with E-state index in [4.69, 9.17) is 9.83 Å². The standard InChI is InChI=1S/C15H11N3O4S/c1-8-6-9(2-4-11(8)18(20)21)12-5-3-10(22-12)7-13-14(19)17-15(16)23-13/h2-7H,1H3,(H2,16,17,19)/b13-7-. The van der Waals surface area contributed by atoms with Gasteiger partial charge >= 0.3 is 0 Å². The predicted octanol–water partition coefficient (Wildman–Crippen LogP) is 3.30. The van der Waals surface area contributed by atoms with Crippen LogP contribution in [0.1, 0.15) is 11.3 Å². The quantitative estimate of drug-likeness (QED) is 0.510. The lowest BCUT2D eigenvalue weighted by Gasteiger charge is -2.00. The van der Waals surface area contributed by atoms with Crippen LogP contribution in [0.25, 0.3) is 17.4 Å². The molecule has 0 unspecified atom stereocenters. The number of rotatable bonds is 3. The Kier molecular flexibility index (Phi) is 3.75. The highest BCUT2D eigenvalue weighted by atomic mass is 32.2. The van der Waals surface area contributed by atoms with Crippen LogP contribution in [0.4, 0.5) is 5.69 Å². The highest BCUT2D eigenvalue weighted by Crippen LogP contribution is 2.30. The molecule has 7 nitrogen and oxygen atoms in total. The summed E-state index contributed by atoms with van der Waals surface area (Å²) in [4.78, 5) is 22.4. The van der Waals surface area contributed by atoms with Crippen molar-refractivity contribution >= 4 is 34.6 Å². The number of nitro groups is 1. The Morgan fingerprint density at radius 3 is 2.74 bits per heavy atom. The lowest BCUT2D eigenvalue weighted by molar-refractivity contribution is -0.385. The molecule has 1 aliphatic heterocycles. The van der Waals surface area contributed by atoms with E-state index in [1.807, 2.05) is 0 Å². The summed E-state index contributed by atoms with van der Waals surface area (Å²) in [5, 5.41) is 20.7. The number of nitrogens with one attached hydrogen (secondary N) is 2. The molecule has 8 heteroatoms. The van der Waals surface area contributed by atoms with E-state index in [0.717, 1.165) is 11.8 Å². The lowest BCUT2D eigenvalue weighted by atomic mass is 10.1. The van der Waals surface area contributed by atoms with Gasteiger partial charge in [-0.05, 0) is 43.0 Å². The summed E-state index contributed by atoms with van der Waals surface area (Å²) < 4.78 is 5.66. The number of carbonyl (C=O) groups excluding carboxylic acids is 1. The van der Waals surface area contributed by atoms with Gasteiger partial charge in [0.2, 0.25) is 0 Å². The fraction of sp³-hybridized carbons (Fsp3) is 0.0667. The fourth-order valence-electron chi connectivity index (χ4n) is 2.17. The molecule has 0 aliphatic carbocycles. The molecule has 2 aromatic rings. The van der Waals surface area contributed by atoms with Crippen molar-refractivity contribution in [2.45, 2.75) is 6.92 Å². The minimum atomic E-state index is -0.429. The summed E-state index contributed by atoms with van der Waals surface area (Å²) in [5.74, 6) is 0.695. The Morgan fingerprint density at radius 2 is 2.13 bits per heavy atom. The van der Waals surface area contributed by atoms with Crippen LogP contribution < -0.4 is 5.32 Å². The van der Waals surface area contributed by atoms with E-state index in [9.17, 15) is 14.9 Å². The average Bonchev–Trinajstić information content (AvgIpc) is 3.06. The summed E-state index contributed by atoms with van der Waals surface area (Å²) >= 11 is 1.03. The highest BCUT2D eigenvalue weighted by molar-refractivity contribution is 8.18. The third-order valence-electron chi connectivity index (χ3n) is 3.24. The number of hydrogen-bond donors (Lipinski definition) is 2. The zero-order valence-corrected chi connectivity index (χ0v) is 12.8. The summed E-state index contributed by atoms with van der Waals surface area (Å²) in [7, 11) is 0. The van der Waals surface area contributed by atoms with Crippen molar-refractivity contribution in [1.82, 2.24) is 5.32 Å². The van der Waals surface area contributed by atoms with Gasteiger partial charge in [-0.3, -0.25) is 20.3 Å². The molecule has 0 radical (unpaired) electrons. The maximum absolute atomic E-state index is 11.6. The van der Waals surface area contributed by atoms with Gasteiger partial charge < -0.3 is 9.73 Å². The largest absolute Gasteiger partial charge is 0.457 e. The molecule has 1 aliphatic rings. The molecule has 116 valence electrons. The Labute approximate surface area is 135 Å². The maximum atomic E-state index is 11.6. The van der Waals surface area contributed by atoms with Gasteiger partial charge in [0.05, 0.1) is 9.83 Å². The van der Waals surface area contributed by atoms with E-state index >= 15 is 0 Å². The number of aryl methyl sites for hydroxylation is 1. The summed E-state index contributed by atoms with van der Waals surface area (Å²) in [6.45, 7) is 1.67. The zero-order chi connectivity index (χ0) is 16.6. The third kappa shape index (κ3) is 3.02. The van der Waals surface area contributed by atoms with Crippen molar-refractivity contribution in [2.24, 2.45) is 0 Å². The van der Waals surface area contributed by atoms with Gasteiger partial charge in [0.25, 0.3) is 11.6 Å². The minimum absolute atomic E-state index is 0.0557. The Hall–Kier alpha value is -2.87. The monoisotopic (exact) mass is 329 g/mol. The van der Waals surface area contributed by atoms with E-state index in [0.29, 0.717) is 27.6 Å². The Morgan fingerprint density at radius 1 is 1.35 bits per heavy atom. The first kappa shape index (κ1) is 15.0. The molecule has 1 amide bonds.